The van der Waals surface area contributed by atoms with Crippen LogP contribution in [-0.2, 0) is 9.47 Å². The van der Waals surface area contributed by atoms with Crippen molar-refractivity contribution in [3.05, 3.63) is 203 Å². The van der Waals surface area contributed by atoms with Gasteiger partial charge in [-0.2, -0.15) is 10.2 Å². The number of anilines is 2. The van der Waals surface area contributed by atoms with Gasteiger partial charge in [-0.1, -0.05) is 109 Å². The molecular weight excluding hydrogens is 777 g/mol. The number of rotatable bonds is 14. The van der Waals surface area contributed by atoms with Gasteiger partial charge in [-0.15, -0.1) is 0 Å². The molecule has 0 saturated heterocycles. The van der Waals surface area contributed by atoms with Crippen molar-refractivity contribution in [2.45, 2.75) is 0 Å². The second-order valence-electron chi connectivity index (χ2n) is 14.6. The lowest BCUT2D eigenvalue weighted by molar-refractivity contribution is 0.0441. The molecule has 0 aromatic heterocycles. The Morgan fingerprint density at radius 3 is 1.16 bits per heavy atom. The van der Waals surface area contributed by atoms with Crippen LogP contribution in [0.25, 0.3) is 22.3 Å². The second-order valence-corrected chi connectivity index (χ2v) is 14.6. The number of para-hydroxylation sites is 2. The summed E-state index contributed by atoms with van der Waals surface area (Å²) in [6.07, 6.45) is 0. The van der Waals surface area contributed by atoms with E-state index >= 15 is 0 Å². The van der Waals surface area contributed by atoms with Crippen LogP contribution in [0.3, 0.4) is 0 Å². The van der Waals surface area contributed by atoms with Gasteiger partial charge < -0.3 is 18.9 Å². The van der Waals surface area contributed by atoms with Gasteiger partial charge in [-0.3, -0.25) is 10.0 Å². The normalized spacial score (nSPS) is 13.1. The smallest absolute Gasteiger partial charge is 0.338 e. The minimum atomic E-state index is -0.436. The van der Waals surface area contributed by atoms with E-state index in [1.807, 2.05) is 158 Å². The summed E-state index contributed by atoms with van der Waals surface area (Å²) in [4.78, 5) is 27.0. The SMILES string of the molecule is CN(N=C1c2ccccc2-c2c(C(=O)OCCOc3ccc(OCCOC(=O)c4cccc5c4-c4ccccc4C5=NN(C)c4ccccc4)cc3)cccc21)c1ccccc1. The maximum atomic E-state index is 13.5. The van der Waals surface area contributed by atoms with Crippen LogP contribution in [-0.4, -0.2) is 63.9 Å². The molecule has 9 rings (SSSR count). The maximum absolute atomic E-state index is 13.5. The van der Waals surface area contributed by atoms with Gasteiger partial charge in [-0.05, 0) is 71.8 Å². The van der Waals surface area contributed by atoms with Gasteiger partial charge in [0.25, 0.3) is 0 Å². The number of nitrogens with zero attached hydrogens (tertiary/aromatic N) is 4. The second kappa shape index (κ2) is 17.7. The van der Waals surface area contributed by atoms with Crippen LogP contribution in [0.15, 0.2) is 180 Å². The molecule has 62 heavy (non-hydrogen) atoms. The molecule has 306 valence electrons. The lowest BCUT2D eigenvalue weighted by Gasteiger charge is -2.15. The van der Waals surface area contributed by atoms with E-state index in [0.29, 0.717) is 22.6 Å². The summed E-state index contributed by atoms with van der Waals surface area (Å²) in [5.41, 5.74) is 11.6. The molecule has 0 N–H and O–H groups in total. The molecule has 0 radical (unpaired) electrons. The van der Waals surface area contributed by atoms with Gasteiger partial charge in [0, 0.05) is 47.5 Å². The van der Waals surface area contributed by atoms with Crippen LogP contribution in [0.2, 0.25) is 0 Å². The number of benzene rings is 7. The molecule has 0 aliphatic heterocycles. The largest absolute Gasteiger partial charge is 0.490 e. The summed E-state index contributed by atoms with van der Waals surface area (Å²) in [7, 11) is 3.83. The van der Waals surface area contributed by atoms with Crippen molar-refractivity contribution in [2.24, 2.45) is 10.2 Å². The molecule has 0 atom stereocenters. The minimum Gasteiger partial charge on any atom is -0.490 e. The highest BCUT2D eigenvalue weighted by Crippen LogP contribution is 2.41. The van der Waals surface area contributed by atoms with Crippen molar-refractivity contribution in [3.8, 4) is 33.8 Å². The number of fused-ring (bicyclic) bond motifs is 6. The fourth-order valence-electron chi connectivity index (χ4n) is 7.82. The average molecular weight is 819 g/mol. The maximum Gasteiger partial charge on any atom is 0.338 e. The first-order chi connectivity index (χ1) is 30.4. The van der Waals surface area contributed by atoms with E-state index in [1.165, 1.54) is 0 Å². The molecule has 0 heterocycles. The molecule has 0 saturated carbocycles. The van der Waals surface area contributed by atoms with E-state index in [4.69, 9.17) is 29.2 Å². The number of esters is 2. The fraction of sp³-hybridized carbons (Fsp3) is 0.115. The predicted octanol–water partition coefficient (Wildman–Crippen LogP) is 9.90. The highest BCUT2D eigenvalue weighted by Gasteiger charge is 2.31. The first-order valence-electron chi connectivity index (χ1n) is 20.4. The zero-order chi connectivity index (χ0) is 42.4. The van der Waals surface area contributed by atoms with Gasteiger partial charge in [0.2, 0.25) is 0 Å². The summed E-state index contributed by atoms with van der Waals surface area (Å²) in [5, 5.41) is 13.6. The fourth-order valence-corrected chi connectivity index (χ4v) is 7.82. The Morgan fingerprint density at radius 2 is 0.758 bits per heavy atom. The number of ether oxygens (including phenoxy) is 4. The van der Waals surface area contributed by atoms with Crippen molar-refractivity contribution >= 4 is 34.7 Å². The highest BCUT2D eigenvalue weighted by molar-refractivity contribution is 6.27. The first-order valence-corrected chi connectivity index (χ1v) is 20.4. The standard InChI is InChI=1S/C52H42N4O6/c1-55(35-15-5-3-6-16-35)53-49-41-21-11-9-19-39(41)47-43(49)23-13-25-45(47)51(57)61-33-31-59-37-27-29-38(30-28-37)60-32-34-62-52(58)46-26-14-24-44-48(46)40-20-10-12-22-42(40)50(44)54-56(2)36-17-7-4-8-18-36/h3-30H,31-34H2,1-2H3. The molecule has 0 unspecified atom stereocenters. The van der Waals surface area contributed by atoms with Crippen LogP contribution in [0.5, 0.6) is 11.5 Å². The van der Waals surface area contributed by atoms with E-state index in [2.05, 4.69) is 0 Å². The average Bonchev–Trinajstić information content (AvgIpc) is 3.82. The van der Waals surface area contributed by atoms with E-state index < -0.39 is 11.9 Å². The molecule has 2 aliphatic carbocycles. The van der Waals surface area contributed by atoms with Crippen molar-refractivity contribution < 1.29 is 28.5 Å². The Labute approximate surface area is 359 Å². The Kier molecular flexibility index (Phi) is 11.3. The number of carbonyl (C=O) groups excluding carboxylic acids is 2. The molecule has 7 aromatic carbocycles. The Hall–Kier alpha value is -7.98. The van der Waals surface area contributed by atoms with Crippen LogP contribution in [0.1, 0.15) is 43.0 Å². The van der Waals surface area contributed by atoms with E-state index in [-0.39, 0.29) is 26.4 Å². The molecule has 2 aliphatic rings. The zero-order valence-corrected chi connectivity index (χ0v) is 34.2. The van der Waals surface area contributed by atoms with Crippen molar-refractivity contribution in [3.63, 3.8) is 0 Å². The van der Waals surface area contributed by atoms with Gasteiger partial charge in [-0.25, -0.2) is 9.59 Å². The molecule has 7 aromatic rings. The third-order valence-electron chi connectivity index (χ3n) is 10.7. The monoisotopic (exact) mass is 818 g/mol. The van der Waals surface area contributed by atoms with Crippen molar-refractivity contribution in [2.75, 3.05) is 50.5 Å². The topological polar surface area (TPSA) is 102 Å². The summed E-state index contributed by atoms with van der Waals surface area (Å²) < 4.78 is 23.2. The first kappa shape index (κ1) is 39.5. The van der Waals surface area contributed by atoms with Crippen LogP contribution in [0, 0.1) is 0 Å². The molecule has 10 nitrogen and oxygen atoms in total. The van der Waals surface area contributed by atoms with E-state index in [0.717, 1.165) is 67.3 Å². The summed E-state index contributed by atoms with van der Waals surface area (Å²) in [6.45, 7) is 0.431. The lowest BCUT2D eigenvalue weighted by atomic mass is 9.99. The van der Waals surface area contributed by atoms with Crippen LogP contribution < -0.4 is 19.5 Å². The summed E-state index contributed by atoms with van der Waals surface area (Å²) in [6, 6.07) is 54.1. The highest BCUT2D eigenvalue weighted by atomic mass is 16.6. The number of carbonyl (C=O) groups is 2. The summed E-state index contributed by atoms with van der Waals surface area (Å²) in [5.74, 6) is 0.311. The van der Waals surface area contributed by atoms with Crippen molar-refractivity contribution in [1.82, 2.24) is 0 Å². The number of hydrogen-bond donors (Lipinski definition) is 0. The van der Waals surface area contributed by atoms with Gasteiger partial charge in [0.05, 0.1) is 33.9 Å². The van der Waals surface area contributed by atoms with Gasteiger partial charge in [0.1, 0.15) is 37.9 Å². The van der Waals surface area contributed by atoms with E-state index in [9.17, 15) is 9.59 Å². The lowest BCUT2D eigenvalue weighted by Crippen LogP contribution is -2.15. The van der Waals surface area contributed by atoms with Gasteiger partial charge in [0.15, 0.2) is 0 Å². The predicted molar refractivity (Wildman–Crippen MR) is 243 cm³/mol. The molecule has 0 spiro atoms. The van der Waals surface area contributed by atoms with Gasteiger partial charge >= 0.3 is 11.9 Å². The summed E-state index contributed by atoms with van der Waals surface area (Å²) >= 11 is 0. The van der Waals surface area contributed by atoms with E-state index in [1.54, 1.807) is 36.4 Å². The third kappa shape index (κ3) is 8.01. The molecule has 10 heteroatoms. The third-order valence-corrected chi connectivity index (χ3v) is 10.7. The van der Waals surface area contributed by atoms with Crippen LogP contribution >= 0.6 is 0 Å². The molecule has 0 bridgehead atoms. The van der Waals surface area contributed by atoms with Crippen LogP contribution in [0.4, 0.5) is 11.4 Å². The quantitative estimate of drug-likeness (QED) is 0.0608. The minimum absolute atomic E-state index is 0.0561. The Bertz CT molecular complexity index is 2630. The Morgan fingerprint density at radius 1 is 0.403 bits per heavy atom. The molecule has 0 amide bonds. The number of hydrogen-bond acceptors (Lipinski definition) is 10. The molecular formula is C52H42N4O6. The Balaban J connectivity index is 0.772. The number of hydrazone groups is 2. The zero-order valence-electron chi connectivity index (χ0n) is 34.2. The molecule has 0 fully saturated rings. The van der Waals surface area contributed by atoms with Crippen molar-refractivity contribution in [1.29, 1.82) is 0 Å².